The average molecular weight is 812 g/mol. The van der Waals surface area contributed by atoms with Crippen molar-refractivity contribution in [3.05, 3.63) is 70.8 Å². The van der Waals surface area contributed by atoms with Crippen LogP contribution in [0.15, 0.2) is 58.5 Å². The van der Waals surface area contributed by atoms with E-state index in [0.717, 1.165) is 11.8 Å². The summed E-state index contributed by atoms with van der Waals surface area (Å²) in [7, 11) is 0. The monoisotopic (exact) mass is 810 g/mol. The summed E-state index contributed by atoms with van der Waals surface area (Å²) in [5, 5.41) is 0. The van der Waals surface area contributed by atoms with Crippen LogP contribution in [0.2, 0.25) is 0 Å². The van der Waals surface area contributed by atoms with E-state index in [0.29, 0.717) is 30.1 Å². The molecule has 50 heavy (non-hydrogen) atoms. The molecule has 4 saturated carbocycles. The summed E-state index contributed by atoms with van der Waals surface area (Å²) in [6.45, 7) is 0. The molecule has 2 aliphatic heterocycles. The maximum atomic E-state index is 6.92. The van der Waals surface area contributed by atoms with Crippen molar-refractivity contribution >= 4 is 11.8 Å². The Morgan fingerprint density at radius 1 is 0.460 bits per heavy atom. The molecular formula is C43H58Cl2N2O2Pd. The zero-order chi connectivity index (χ0) is 31.4. The molecule has 2 aromatic rings. The first-order valence-corrected chi connectivity index (χ1v) is 19.9. The van der Waals surface area contributed by atoms with Gasteiger partial charge in [-0.05, 0) is 97.3 Å². The number of hydrogen-bond donors (Lipinski definition) is 0. The van der Waals surface area contributed by atoms with Crippen LogP contribution in [0.3, 0.4) is 0 Å². The van der Waals surface area contributed by atoms with Gasteiger partial charge in [0.25, 0.3) is 0 Å². The first-order valence-electron chi connectivity index (χ1n) is 19.9. The smallest absolute Gasteiger partial charge is 1.00 e. The second kappa shape index (κ2) is 19.1. The molecule has 2 aromatic carbocycles. The van der Waals surface area contributed by atoms with Gasteiger partial charge < -0.3 is 34.3 Å². The molecule has 7 heteroatoms. The molecule has 276 valence electrons. The van der Waals surface area contributed by atoms with Crippen molar-refractivity contribution in [3.63, 3.8) is 0 Å². The third-order valence-electron chi connectivity index (χ3n) is 12.9. The van der Waals surface area contributed by atoms with Crippen LogP contribution < -0.4 is 24.8 Å². The summed E-state index contributed by atoms with van der Waals surface area (Å²) >= 11 is 0. The summed E-state index contributed by atoms with van der Waals surface area (Å²) in [4.78, 5) is 10.8. The molecule has 0 amide bonds. The number of nitrogens with zero attached hydrogens (tertiary/aromatic N) is 2. The Morgan fingerprint density at radius 2 is 0.800 bits per heavy atom. The molecule has 0 spiro atoms. The summed E-state index contributed by atoms with van der Waals surface area (Å²) in [5.74, 6) is 4.26. The van der Waals surface area contributed by atoms with Crippen LogP contribution in [0.5, 0.6) is 0 Å². The quantitative estimate of drug-likeness (QED) is 0.321. The van der Waals surface area contributed by atoms with Crippen molar-refractivity contribution in [1.82, 2.24) is 0 Å². The van der Waals surface area contributed by atoms with Crippen LogP contribution in [-0.4, -0.2) is 24.0 Å². The number of halogens is 2. The Morgan fingerprint density at radius 3 is 1.18 bits per heavy atom. The fraction of sp³-hybridized carbons (Fsp3) is 0.674. The fourth-order valence-electron chi connectivity index (χ4n) is 10.3. The maximum absolute atomic E-state index is 6.92. The Hall–Kier alpha value is -1.38. The molecule has 0 N–H and O–H groups in total. The minimum atomic E-state index is 0. The Bertz CT molecular complexity index is 1300. The van der Waals surface area contributed by atoms with Crippen LogP contribution in [0, 0.1) is 11.8 Å². The van der Waals surface area contributed by atoms with Crippen molar-refractivity contribution in [3.8, 4) is 0 Å². The zero-order valence-corrected chi connectivity index (χ0v) is 32.9. The standard InChI is InChI=1S/C43H58N2O2.2ClH.Pd/c1-5-15-30(16-6-1)34-23-13-25-36(27-34)40-42(32-19-9-3-10-20-32)46-38(44-40)29-39-45-41(43(47-39)33-21-11-4-12-22-33)37-26-14-24-35(28-37)31-17-7-2-8-18-31;;;/h13-14,23-28,30-33,40-43H,1-12,15-22,29H2;2*1H;/q;;;+2/p-2/t40-,41-,42?,43?;;;/m1.../s1. The van der Waals surface area contributed by atoms with Gasteiger partial charge in [0.15, 0.2) is 11.8 Å². The first kappa shape index (κ1) is 39.8. The summed E-state index contributed by atoms with van der Waals surface area (Å²) in [5.41, 5.74) is 5.74. The van der Waals surface area contributed by atoms with Gasteiger partial charge in [0.2, 0.25) is 0 Å². The minimum absolute atomic E-state index is 0. The molecule has 4 aliphatic carbocycles. The van der Waals surface area contributed by atoms with Gasteiger partial charge in [-0.1, -0.05) is 126 Å². The number of benzene rings is 2. The van der Waals surface area contributed by atoms with E-state index in [4.69, 9.17) is 19.5 Å². The predicted molar refractivity (Wildman–Crippen MR) is 192 cm³/mol. The predicted octanol–water partition coefficient (Wildman–Crippen LogP) is 5.72. The molecule has 2 unspecified atom stereocenters. The minimum Gasteiger partial charge on any atom is -1.00 e. The number of ether oxygens (including phenoxy) is 2. The Kier molecular flexibility index (Phi) is 15.2. The molecule has 2 heterocycles. The van der Waals surface area contributed by atoms with Gasteiger partial charge in [-0.25, -0.2) is 9.98 Å². The van der Waals surface area contributed by atoms with Crippen LogP contribution in [0.25, 0.3) is 0 Å². The molecular weight excluding hydrogens is 754 g/mol. The Labute approximate surface area is 328 Å². The van der Waals surface area contributed by atoms with Gasteiger partial charge >= 0.3 is 20.4 Å². The fourth-order valence-corrected chi connectivity index (χ4v) is 10.3. The number of aliphatic imine (C=N–C) groups is 2. The van der Waals surface area contributed by atoms with E-state index in [2.05, 4.69) is 48.5 Å². The van der Waals surface area contributed by atoms with Gasteiger partial charge in [0.05, 0.1) is 6.42 Å². The van der Waals surface area contributed by atoms with E-state index in [1.807, 2.05) is 0 Å². The van der Waals surface area contributed by atoms with Crippen LogP contribution in [0.4, 0.5) is 0 Å². The molecule has 4 nitrogen and oxygen atoms in total. The topological polar surface area (TPSA) is 43.2 Å². The van der Waals surface area contributed by atoms with E-state index in [1.165, 1.54) is 151 Å². The number of rotatable bonds is 8. The first-order chi connectivity index (χ1) is 23.3. The molecule has 4 fully saturated rings. The second-order valence-corrected chi connectivity index (χ2v) is 16.1. The van der Waals surface area contributed by atoms with Crippen LogP contribution in [-0.2, 0) is 29.9 Å². The van der Waals surface area contributed by atoms with Gasteiger partial charge in [-0.15, -0.1) is 0 Å². The van der Waals surface area contributed by atoms with Crippen LogP contribution >= 0.6 is 0 Å². The summed E-state index contributed by atoms with van der Waals surface area (Å²) < 4.78 is 13.8. The van der Waals surface area contributed by atoms with Crippen molar-refractivity contribution < 1.29 is 54.7 Å². The van der Waals surface area contributed by atoms with Crippen molar-refractivity contribution in [2.45, 2.75) is 171 Å². The molecule has 8 rings (SSSR count). The third-order valence-corrected chi connectivity index (χ3v) is 12.9. The van der Waals surface area contributed by atoms with E-state index < -0.39 is 0 Å². The molecule has 6 aliphatic rings. The third kappa shape index (κ3) is 9.21. The van der Waals surface area contributed by atoms with E-state index in [-0.39, 0.29) is 69.5 Å². The molecule has 0 aromatic heterocycles. The number of hydrogen-bond acceptors (Lipinski definition) is 4. The van der Waals surface area contributed by atoms with Gasteiger partial charge in [-0.3, -0.25) is 0 Å². The van der Waals surface area contributed by atoms with Crippen molar-refractivity contribution in [1.29, 1.82) is 0 Å². The van der Waals surface area contributed by atoms with Crippen molar-refractivity contribution in [2.24, 2.45) is 21.8 Å². The van der Waals surface area contributed by atoms with Crippen LogP contribution in [0.1, 0.15) is 181 Å². The summed E-state index contributed by atoms with van der Waals surface area (Å²) in [6, 6.07) is 19.1. The normalized spacial score (nSPS) is 28.2. The molecule has 0 saturated heterocycles. The second-order valence-electron chi connectivity index (χ2n) is 16.1. The maximum Gasteiger partial charge on any atom is 2.00 e. The largest absolute Gasteiger partial charge is 2.00 e. The van der Waals surface area contributed by atoms with Gasteiger partial charge in [0, 0.05) is 0 Å². The summed E-state index contributed by atoms with van der Waals surface area (Å²) in [6.07, 6.45) is 27.4. The average Bonchev–Trinajstić information content (AvgIpc) is 3.78. The van der Waals surface area contributed by atoms with Crippen molar-refractivity contribution in [2.75, 3.05) is 0 Å². The zero-order valence-electron chi connectivity index (χ0n) is 29.9. The van der Waals surface area contributed by atoms with E-state index >= 15 is 0 Å². The molecule has 4 atom stereocenters. The van der Waals surface area contributed by atoms with E-state index in [1.54, 1.807) is 0 Å². The van der Waals surface area contributed by atoms with E-state index in [9.17, 15) is 0 Å². The molecule has 0 bridgehead atoms. The molecule has 0 radical (unpaired) electrons. The SMILES string of the molecule is [Cl-].[Cl-].[Pd+2].c1cc(C2CCCCC2)cc([C@H]2N=C(CC3=N[C@H](c4cccc(C5CCCCC5)c4)C(C4CCCCC4)O3)OC2C2CCCCC2)c1. The van der Waals surface area contributed by atoms with Gasteiger partial charge in [0.1, 0.15) is 24.3 Å². The Balaban J connectivity index is 0.00000162. The van der Waals surface area contributed by atoms with Gasteiger partial charge in [-0.2, -0.15) is 0 Å².